The summed E-state index contributed by atoms with van der Waals surface area (Å²) in [6.45, 7) is 0.585. The zero-order valence-corrected chi connectivity index (χ0v) is 16.6. The molecule has 0 spiro atoms. The van der Waals surface area contributed by atoms with E-state index in [2.05, 4.69) is 38.0 Å². The number of anilines is 2. The second kappa shape index (κ2) is 7.51. The molecule has 27 heavy (non-hydrogen) atoms. The number of pyridine rings is 1. The van der Waals surface area contributed by atoms with Gasteiger partial charge in [-0.1, -0.05) is 12.1 Å². The summed E-state index contributed by atoms with van der Waals surface area (Å²) in [5, 5.41) is 8.44. The number of nitrogens with zero attached hydrogens (tertiary/aromatic N) is 3. The molecule has 0 amide bonds. The van der Waals surface area contributed by atoms with Crippen LogP contribution in [0.3, 0.4) is 0 Å². The Morgan fingerprint density at radius 2 is 1.93 bits per heavy atom. The summed E-state index contributed by atoms with van der Waals surface area (Å²) in [5.74, 6) is 0.519. The Bertz CT molecular complexity index is 1100. The maximum Gasteiger partial charge on any atom is 0.160 e. The molecular weight excluding hydrogens is 458 g/mol. The zero-order valence-electron chi connectivity index (χ0n) is 14.5. The van der Waals surface area contributed by atoms with Gasteiger partial charge in [-0.3, -0.25) is 0 Å². The van der Waals surface area contributed by atoms with Gasteiger partial charge in [0.25, 0.3) is 0 Å². The number of aromatic nitrogens is 3. The summed E-state index contributed by atoms with van der Waals surface area (Å²) in [4.78, 5) is 4.45. The van der Waals surface area contributed by atoms with Crippen molar-refractivity contribution in [1.82, 2.24) is 14.8 Å². The molecule has 4 rings (SSSR count). The van der Waals surface area contributed by atoms with Crippen molar-refractivity contribution in [2.75, 3.05) is 12.4 Å². The number of hydrogen-bond donors (Lipinski definition) is 1. The quantitative estimate of drug-likeness (QED) is 0.415. The standard InChI is InChI=1S/C20H16FIN4O/c1-27-15-5-2-13(3-6-15)12-26-20-16(11-24-26)18(8-9-23-20)25-19-7-4-14(22)10-17(19)21/h2-11H,12H2,1H3,(H,23,25). The summed E-state index contributed by atoms with van der Waals surface area (Å²) < 4.78 is 22.0. The fraction of sp³-hybridized carbons (Fsp3) is 0.100. The van der Waals surface area contributed by atoms with E-state index in [1.54, 1.807) is 25.6 Å². The Balaban J connectivity index is 1.64. The molecule has 2 heterocycles. The minimum Gasteiger partial charge on any atom is -0.497 e. The third-order valence-electron chi connectivity index (χ3n) is 4.23. The van der Waals surface area contributed by atoms with Crippen molar-refractivity contribution in [3.8, 4) is 5.75 Å². The number of rotatable bonds is 5. The van der Waals surface area contributed by atoms with Crippen LogP contribution in [0.4, 0.5) is 15.8 Å². The van der Waals surface area contributed by atoms with Gasteiger partial charge in [0.1, 0.15) is 11.6 Å². The minimum absolute atomic E-state index is 0.294. The molecule has 0 bridgehead atoms. The molecule has 5 nitrogen and oxygen atoms in total. The Labute approximate surface area is 169 Å². The smallest absolute Gasteiger partial charge is 0.160 e. The first-order valence-corrected chi connectivity index (χ1v) is 9.37. The van der Waals surface area contributed by atoms with Gasteiger partial charge in [-0.15, -0.1) is 0 Å². The Morgan fingerprint density at radius 1 is 1.11 bits per heavy atom. The number of methoxy groups -OCH3 is 1. The van der Waals surface area contributed by atoms with Gasteiger partial charge in [0.2, 0.25) is 0 Å². The van der Waals surface area contributed by atoms with Crippen LogP contribution >= 0.6 is 22.6 Å². The van der Waals surface area contributed by atoms with Crippen molar-refractivity contribution in [2.45, 2.75) is 6.54 Å². The predicted molar refractivity (Wildman–Crippen MR) is 112 cm³/mol. The van der Waals surface area contributed by atoms with E-state index >= 15 is 0 Å². The Kier molecular flexibility index (Phi) is 4.93. The van der Waals surface area contributed by atoms with Crippen molar-refractivity contribution >= 4 is 45.0 Å². The van der Waals surface area contributed by atoms with Gasteiger partial charge in [0.05, 0.1) is 36.6 Å². The summed E-state index contributed by atoms with van der Waals surface area (Å²) in [6.07, 6.45) is 3.44. The highest BCUT2D eigenvalue weighted by Gasteiger charge is 2.11. The van der Waals surface area contributed by atoms with Crippen LogP contribution in [-0.2, 0) is 6.54 Å². The number of ether oxygens (including phenoxy) is 1. The molecule has 0 atom stereocenters. The normalized spacial score (nSPS) is 10.9. The highest BCUT2D eigenvalue weighted by molar-refractivity contribution is 14.1. The summed E-state index contributed by atoms with van der Waals surface area (Å²) in [6, 6.07) is 14.7. The van der Waals surface area contributed by atoms with Gasteiger partial charge in [0, 0.05) is 9.77 Å². The predicted octanol–water partition coefficient (Wildman–Crippen LogP) is 4.98. The first-order valence-electron chi connectivity index (χ1n) is 8.29. The van der Waals surface area contributed by atoms with Crippen molar-refractivity contribution < 1.29 is 9.13 Å². The van der Waals surface area contributed by atoms with Crippen LogP contribution in [-0.4, -0.2) is 21.9 Å². The molecule has 0 saturated heterocycles. The molecule has 0 unspecified atom stereocenters. The molecule has 0 aliphatic heterocycles. The third kappa shape index (κ3) is 3.73. The van der Waals surface area contributed by atoms with E-state index in [1.807, 2.05) is 41.1 Å². The SMILES string of the molecule is COc1ccc(Cn2ncc3c(Nc4ccc(I)cc4F)ccnc32)cc1. The fourth-order valence-corrected chi connectivity index (χ4v) is 3.29. The number of benzene rings is 2. The van der Waals surface area contributed by atoms with Crippen LogP contribution in [0.5, 0.6) is 5.75 Å². The van der Waals surface area contributed by atoms with E-state index in [9.17, 15) is 4.39 Å². The van der Waals surface area contributed by atoms with Crippen LogP contribution in [0, 0.1) is 9.39 Å². The lowest BCUT2D eigenvalue weighted by Crippen LogP contribution is -2.03. The summed E-state index contributed by atoms with van der Waals surface area (Å²) in [5.41, 5.74) is 3.01. The average Bonchev–Trinajstić information content (AvgIpc) is 3.08. The average molecular weight is 474 g/mol. The lowest BCUT2D eigenvalue weighted by atomic mass is 10.2. The summed E-state index contributed by atoms with van der Waals surface area (Å²) >= 11 is 2.09. The van der Waals surface area contributed by atoms with Crippen molar-refractivity contribution in [2.24, 2.45) is 0 Å². The second-order valence-electron chi connectivity index (χ2n) is 6.00. The number of nitrogens with one attached hydrogen (secondary N) is 1. The van der Waals surface area contributed by atoms with E-state index in [0.29, 0.717) is 12.2 Å². The zero-order chi connectivity index (χ0) is 18.8. The lowest BCUT2D eigenvalue weighted by Gasteiger charge is -2.09. The van der Waals surface area contributed by atoms with Crippen LogP contribution in [0.1, 0.15) is 5.56 Å². The van der Waals surface area contributed by atoms with E-state index in [4.69, 9.17) is 4.74 Å². The minimum atomic E-state index is -0.294. The van der Waals surface area contributed by atoms with Gasteiger partial charge in [-0.25, -0.2) is 14.1 Å². The van der Waals surface area contributed by atoms with E-state index in [0.717, 1.165) is 31.6 Å². The van der Waals surface area contributed by atoms with Gasteiger partial charge in [0.15, 0.2) is 5.65 Å². The van der Waals surface area contributed by atoms with Gasteiger partial charge >= 0.3 is 0 Å². The maximum atomic E-state index is 14.2. The van der Waals surface area contributed by atoms with Crippen molar-refractivity contribution in [3.05, 3.63) is 75.9 Å². The van der Waals surface area contributed by atoms with Gasteiger partial charge in [-0.2, -0.15) is 5.10 Å². The topological polar surface area (TPSA) is 52.0 Å². The highest BCUT2D eigenvalue weighted by atomic mass is 127. The first-order chi connectivity index (χ1) is 13.1. The molecule has 2 aromatic heterocycles. The Hall–Kier alpha value is -2.68. The van der Waals surface area contributed by atoms with Crippen LogP contribution in [0.15, 0.2) is 60.9 Å². The van der Waals surface area contributed by atoms with Gasteiger partial charge < -0.3 is 10.1 Å². The number of halogens is 2. The number of hydrogen-bond acceptors (Lipinski definition) is 4. The molecule has 0 aliphatic rings. The molecule has 7 heteroatoms. The molecule has 0 aliphatic carbocycles. The van der Waals surface area contributed by atoms with Gasteiger partial charge in [-0.05, 0) is 64.6 Å². The Morgan fingerprint density at radius 3 is 2.67 bits per heavy atom. The molecule has 0 saturated carbocycles. The second-order valence-corrected chi connectivity index (χ2v) is 7.24. The summed E-state index contributed by atoms with van der Waals surface area (Å²) in [7, 11) is 1.64. The van der Waals surface area contributed by atoms with Crippen molar-refractivity contribution in [1.29, 1.82) is 0 Å². The van der Waals surface area contributed by atoms with E-state index in [1.165, 1.54) is 6.07 Å². The van der Waals surface area contributed by atoms with Crippen LogP contribution in [0.25, 0.3) is 11.0 Å². The molecule has 1 N–H and O–H groups in total. The maximum absolute atomic E-state index is 14.2. The van der Waals surface area contributed by atoms with Crippen molar-refractivity contribution in [3.63, 3.8) is 0 Å². The molecular formula is C20H16FIN4O. The fourth-order valence-electron chi connectivity index (χ4n) is 2.84. The van der Waals surface area contributed by atoms with Crippen LogP contribution in [0.2, 0.25) is 0 Å². The molecule has 136 valence electrons. The molecule has 4 aromatic rings. The molecule has 0 radical (unpaired) electrons. The highest BCUT2D eigenvalue weighted by Crippen LogP contribution is 2.27. The largest absolute Gasteiger partial charge is 0.497 e. The monoisotopic (exact) mass is 474 g/mol. The van der Waals surface area contributed by atoms with E-state index in [-0.39, 0.29) is 5.82 Å². The third-order valence-corrected chi connectivity index (χ3v) is 4.90. The lowest BCUT2D eigenvalue weighted by molar-refractivity contribution is 0.414. The van der Waals surface area contributed by atoms with E-state index < -0.39 is 0 Å². The molecule has 2 aromatic carbocycles. The first kappa shape index (κ1) is 17.7. The molecule has 0 fully saturated rings. The number of fused-ring (bicyclic) bond motifs is 1. The van der Waals surface area contributed by atoms with Crippen LogP contribution < -0.4 is 10.1 Å².